The third-order valence-electron chi connectivity index (χ3n) is 2.15. The molecule has 3 heteroatoms. The van der Waals surface area contributed by atoms with Crippen molar-refractivity contribution < 1.29 is 9.57 Å². The summed E-state index contributed by atoms with van der Waals surface area (Å²) in [6.45, 7) is 5.21. The molecule has 17 heavy (non-hydrogen) atoms. The van der Waals surface area contributed by atoms with E-state index in [-0.39, 0.29) is 6.61 Å². The highest BCUT2D eigenvalue weighted by atomic mass is 16.6. The maximum Gasteiger partial charge on any atom is 0.177 e. The first-order chi connectivity index (χ1) is 8.27. The molecule has 0 unspecified atom stereocenters. The van der Waals surface area contributed by atoms with Crippen molar-refractivity contribution in [3.63, 3.8) is 0 Å². The van der Waals surface area contributed by atoms with Crippen LogP contribution in [0.15, 0.2) is 29.4 Å². The van der Waals surface area contributed by atoms with Crippen LogP contribution in [0.3, 0.4) is 0 Å². The molecule has 1 aromatic carbocycles. The van der Waals surface area contributed by atoms with Gasteiger partial charge in [-0.05, 0) is 13.8 Å². The fourth-order valence-corrected chi connectivity index (χ4v) is 1.25. The first kappa shape index (κ1) is 13.3. The molecule has 0 amide bonds. The molecule has 0 N–H and O–H groups in total. The number of hydrogen-bond donors (Lipinski definition) is 0. The predicted octanol–water partition coefficient (Wildman–Crippen LogP) is 2.39. The highest BCUT2D eigenvalue weighted by Gasteiger charge is 2.04. The van der Waals surface area contributed by atoms with Crippen molar-refractivity contribution in [3.8, 4) is 12.3 Å². The van der Waals surface area contributed by atoms with Gasteiger partial charge in [-0.2, -0.15) is 0 Å². The number of oxime groups is 1. The number of terminal acetylenes is 1. The molecule has 0 fully saturated rings. The molecule has 0 heterocycles. The fraction of sp³-hybridized carbons (Fsp3) is 0.357. The van der Waals surface area contributed by atoms with E-state index in [0.717, 1.165) is 11.3 Å². The van der Waals surface area contributed by atoms with E-state index in [0.29, 0.717) is 13.2 Å². The highest BCUT2D eigenvalue weighted by molar-refractivity contribution is 6.01. The zero-order chi connectivity index (χ0) is 12.5. The Morgan fingerprint density at radius 3 is 2.65 bits per heavy atom. The lowest BCUT2D eigenvalue weighted by atomic mass is 10.1. The van der Waals surface area contributed by atoms with E-state index >= 15 is 0 Å². The average molecular weight is 231 g/mol. The van der Waals surface area contributed by atoms with Crippen LogP contribution in [0.5, 0.6) is 0 Å². The molecule has 0 spiro atoms. The van der Waals surface area contributed by atoms with Crippen molar-refractivity contribution in [2.45, 2.75) is 13.8 Å². The fourth-order valence-electron chi connectivity index (χ4n) is 1.25. The first-order valence-corrected chi connectivity index (χ1v) is 5.55. The summed E-state index contributed by atoms with van der Waals surface area (Å²) in [5.74, 6) is 2.37. The summed E-state index contributed by atoms with van der Waals surface area (Å²) in [7, 11) is 0. The lowest BCUT2D eigenvalue weighted by Gasteiger charge is -2.06. The molecule has 0 aromatic heterocycles. The Bertz CT molecular complexity index is 401. The summed E-state index contributed by atoms with van der Waals surface area (Å²) in [6, 6.07) is 8.04. The molecule has 3 nitrogen and oxygen atoms in total. The number of rotatable bonds is 6. The maximum absolute atomic E-state index is 5.35. The van der Waals surface area contributed by atoms with E-state index in [2.05, 4.69) is 11.1 Å². The van der Waals surface area contributed by atoms with Gasteiger partial charge in [0.25, 0.3) is 0 Å². The molecule has 0 saturated carbocycles. The molecular weight excluding hydrogens is 214 g/mol. The second-order valence-electron chi connectivity index (χ2n) is 3.52. The Kier molecular flexibility index (Phi) is 5.84. The molecule has 1 rings (SSSR count). The minimum Gasteiger partial charge on any atom is -0.382 e. The summed E-state index contributed by atoms with van der Waals surface area (Å²) in [5.41, 5.74) is 2.94. The summed E-state index contributed by atoms with van der Waals surface area (Å²) >= 11 is 0. The number of benzene rings is 1. The highest BCUT2D eigenvalue weighted by Crippen LogP contribution is 2.06. The zero-order valence-electron chi connectivity index (χ0n) is 10.3. The normalized spacial score (nSPS) is 11.0. The van der Waals surface area contributed by atoms with Gasteiger partial charge in [0.1, 0.15) is 5.71 Å². The summed E-state index contributed by atoms with van der Waals surface area (Å²) in [4.78, 5) is 5.00. The van der Waals surface area contributed by atoms with Crippen LogP contribution < -0.4 is 0 Å². The summed E-state index contributed by atoms with van der Waals surface area (Å²) < 4.78 is 5.35. The van der Waals surface area contributed by atoms with Crippen LogP contribution >= 0.6 is 0 Å². The van der Waals surface area contributed by atoms with E-state index < -0.39 is 0 Å². The molecule has 0 saturated heterocycles. The van der Waals surface area contributed by atoms with Gasteiger partial charge in [0.15, 0.2) is 6.61 Å². The summed E-state index contributed by atoms with van der Waals surface area (Å²) in [5, 5.41) is 4.00. The SMILES string of the molecule is C#CCO/N=C(\COCC)c1ccc(C)cc1. The lowest BCUT2D eigenvalue weighted by molar-refractivity contribution is 0.162. The zero-order valence-corrected chi connectivity index (χ0v) is 10.3. The van der Waals surface area contributed by atoms with Crippen LogP contribution in [0, 0.1) is 19.3 Å². The molecular formula is C14H17NO2. The molecule has 90 valence electrons. The van der Waals surface area contributed by atoms with E-state index in [1.165, 1.54) is 5.56 Å². The van der Waals surface area contributed by atoms with Crippen molar-refractivity contribution >= 4 is 5.71 Å². The second-order valence-corrected chi connectivity index (χ2v) is 3.52. The van der Waals surface area contributed by atoms with Crippen molar-refractivity contribution in [3.05, 3.63) is 35.4 Å². The van der Waals surface area contributed by atoms with Crippen LogP contribution in [-0.2, 0) is 9.57 Å². The minimum atomic E-state index is 0.168. The van der Waals surface area contributed by atoms with Gasteiger partial charge < -0.3 is 9.57 Å². The van der Waals surface area contributed by atoms with Crippen LogP contribution in [0.4, 0.5) is 0 Å². The molecule has 0 aliphatic heterocycles. The third kappa shape index (κ3) is 4.71. The number of ether oxygens (including phenoxy) is 1. The lowest BCUT2D eigenvalue weighted by Crippen LogP contribution is -2.11. The van der Waals surface area contributed by atoms with Crippen molar-refractivity contribution in [1.29, 1.82) is 0 Å². The topological polar surface area (TPSA) is 30.8 Å². The molecule has 0 atom stereocenters. The van der Waals surface area contributed by atoms with Crippen LogP contribution in [0.25, 0.3) is 0 Å². The second kappa shape index (κ2) is 7.48. The Morgan fingerprint density at radius 1 is 1.35 bits per heavy atom. The molecule has 0 aliphatic rings. The Hall–Kier alpha value is -1.79. The predicted molar refractivity (Wildman–Crippen MR) is 69.0 cm³/mol. The Labute approximate surface area is 102 Å². The van der Waals surface area contributed by atoms with Crippen molar-refractivity contribution in [2.75, 3.05) is 19.8 Å². The maximum atomic E-state index is 5.35. The Balaban J connectivity index is 2.78. The van der Waals surface area contributed by atoms with Gasteiger partial charge in [-0.15, -0.1) is 6.42 Å². The van der Waals surface area contributed by atoms with Gasteiger partial charge in [-0.1, -0.05) is 40.9 Å². The summed E-state index contributed by atoms with van der Waals surface area (Å²) in [6.07, 6.45) is 5.10. The third-order valence-corrected chi connectivity index (χ3v) is 2.15. The number of hydrogen-bond acceptors (Lipinski definition) is 3. The monoisotopic (exact) mass is 231 g/mol. The molecule has 0 bridgehead atoms. The van der Waals surface area contributed by atoms with Crippen LogP contribution in [0.2, 0.25) is 0 Å². The van der Waals surface area contributed by atoms with E-state index in [1.807, 2.05) is 38.1 Å². The van der Waals surface area contributed by atoms with Gasteiger partial charge in [0.05, 0.1) is 6.61 Å². The van der Waals surface area contributed by atoms with E-state index in [9.17, 15) is 0 Å². The molecule has 0 aliphatic carbocycles. The molecule has 1 aromatic rings. The van der Waals surface area contributed by atoms with Gasteiger partial charge in [-0.3, -0.25) is 0 Å². The van der Waals surface area contributed by atoms with Gasteiger partial charge in [-0.25, -0.2) is 0 Å². The minimum absolute atomic E-state index is 0.168. The quantitative estimate of drug-likeness (QED) is 0.326. The van der Waals surface area contributed by atoms with Gasteiger partial charge >= 0.3 is 0 Å². The van der Waals surface area contributed by atoms with Crippen molar-refractivity contribution in [1.82, 2.24) is 0 Å². The number of aryl methyl sites for hydroxylation is 1. The van der Waals surface area contributed by atoms with E-state index in [4.69, 9.17) is 16.0 Å². The van der Waals surface area contributed by atoms with E-state index in [1.54, 1.807) is 0 Å². The molecule has 0 radical (unpaired) electrons. The number of nitrogens with zero attached hydrogens (tertiary/aromatic N) is 1. The van der Waals surface area contributed by atoms with Crippen molar-refractivity contribution in [2.24, 2.45) is 5.16 Å². The Morgan fingerprint density at radius 2 is 2.06 bits per heavy atom. The van der Waals surface area contributed by atoms with Crippen LogP contribution in [-0.4, -0.2) is 25.5 Å². The largest absolute Gasteiger partial charge is 0.382 e. The van der Waals surface area contributed by atoms with Crippen LogP contribution in [0.1, 0.15) is 18.1 Å². The standard InChI is InChI=1S/C14H17NO2/c1-4-10-17-15-14(11-16-5-2)13-8-6-12(3)7-9-13/h1,6-9H,5,10-11H2,2-3H3/b15-14+. The smallest absolute Gasteiger partial charge is 0.177 e. The van der Waals surface area contributed by atoms with Gasteiger partial charge in [0, 0.05) is 12.2 Å². The van der Waals surface area contributed by atoms with Gasteiger partial charge in [0.2, 0.25) is 0 Å². The first-order valence-electron chi connectivity index (χ1n) is 5.55. The average Bonchev–Trinajstić information content (AvgIpc) is 2.35.